The van der Waals surface area contributed by atoms with Gasteiger partial charge in [0.1, 0.15) is 16.9 Å². The first-order chi connectivity index (χ1) is 14.1. The predicted octanol–water partition coefficient (Wildman–Crippen LogP) is 3.71. The first kappa shape index (κ1) is 16.3. The third-order valence-electron chi connectivity index (χ3n) is 8.22. The molecule has 5 heteroatoms. The van der Waals surface area contributed by atoms with Crippen LogP contribution >= 0.6 is 0 Å². The Morgan fingerprint density at radius 3 is 2.93 bits per heavy atom. The summed E-state index contributed by atoms with van der Waals surface area (Å²) in [6, 6.07) is 12.3. The summed E-state index contributed by atoms with van der Waals surface area (Å²) < 4.78 is 19.5. The van der Waals surface area contributed by atoms with Crippen LogP contribution in [0.2, 0.25) is 0 Å². The zero-order valence-electron chi connectivity index (χ0n) is 16.6. The molecule has 0 amide bonds. The Morgan fingerprint density at radius 1 is 1.21 bits per heavy atom. The van der Waals surface area contributed by atoms with Crippen molar-refractivity contribution in [2.75, 3.05) is 20.7 Å². The first-order valence-corrected chi connectivity index (χ1v) is 10.4. The molecule has 4 atom stereocenters. The van der Waals surface area contributed by atoms with E-state index >= 15 is 0 Å². The number of methoxy groups -OCH3 is 1. The first-order valence-electron chi connectivity index (χ1n) is 10.4. The van der Waals surface area contributed by atoms with Gasteiger partial charge >= 0.3 is 0 Å². The molecule has 2 aliphatic heterocycles. The lowest BCUT2D eigenvalue weighted by molar-refractivity contribution is -0.188. The number of ether oxygens (including phenoxy) is 2. The maximum absolute atomic E-state index is 10.7. The van der Waals surface area contributed by atoms with Crippen molar-refractivity contribution < 1.29 is 19.0 Å². The van der Waals surface area contributed by atoms with E-state index in [1.54, 1.807) is 6.07 Å². The lowest BCUT2D eigenvalue weighted by atomic mass is 9.49. The van der Waals surface area contributed by atoms with Gasteiger partial charge in [0.15, 0.2) is 17.6 Å². The van der Waals surface area contributed by atoms with Crippen molar-refractivity contribution in [1.82, 2.24) is 4.90 Å². The van der Waals surface area contributed by atoms with Gasteiger partial charge in [0.05, 0.1) is 5.41 Å². The number of nitrogens with zero attached hydrogens (tertiary/aromatic N) is 1. The SMILES string of the molecule is COC12Cc3c(oc4ccccc34)C3Oc4c(O)ccc5c4C31CCN(C)C2C5. The van der Waals surface area contributed by atoms with Crippen LogP contribution in [0.25, 0.3) is 11.0 Å². The van der Waals surface area contributed by atoms with E-state index in [0.29, 0.717) is 5.75 Å². The van der Waals surface area contributed by atoms with Crippen LogP contribution in [-0.2, 0) is 23.0 Å². The van der Waals surface area contributed by atoms with Crippen LogP contribution in [0, 0.1) is 0 Å². The highest BCUT2D eigenvalue weighted by Gasteiger charge is 2.73. The van der Waals surface area contributed by atoms with Crippen molar-refractivity contribution in [1.29, 1.82) is 0 Å². The molecule has 2 bridgehead atoms. The van der Waals surface area contributed by atoms with E-state index in [1.807, 2.05) is 19.2 Å². The van der Waals surface area contributed by atoms with Crippen LogP contribution < -0.4 is 4.74 Å². The van der Waals surface area contributed by atoms with E-state index in [4.69, 9.17) is 13.9 Å². The fourth-order valence-electron chi connectivity index (χ4n) is 7.05. The number of aromatic hydroxyl groups is 1. The van der Waals surface area contributed by atoms with Crippen LogP contribution in [0.4, 0.5) is 0 Å². The highest BCUT2D eigenvalue weighted by molar-refractivity contribution is 5.84. The summed E-state index contributed by atoms with van der Waals surface area (Å²) >= 11 is 0. The number of likely N-dealkylation sites (tertiary alicyclic amines) is 1. The quantitative estimate of drug-likeness (QED) is 0.688. The average molecular weight is 389 g/mol. The van der Waals surface area contributed by atoms with Gasteiger partial charge in [-0.3, -0.25) is 0 Å². The molecule has 29 heavy (non-hydrogen) atoms. The molecule has 1 spiro atoms. The summed E-state index contributed by atoms with van der Waals surface area (Å²) in [6.45, 7) is 0.972. The van der Waals surface area contributed by atoms with Gasteiger partial charge in [0.2, 0.25) is 0 Å². The molecule has 148 valence electrons. The third-order valence-corrected chi connectivity index (χ3v) is 8.22. The summed E-state index contributed by atoms with van der Waals surface area (Å²) in [4.78, 5) is 2.45. The van der Waals surface area contributed by atoms with Gasteiger partial charge in [0.25, 0.3) is 0 Å². The zero-order chi connectivity index (χ0) is 19.5. The van der Waals surface area contributed by atoms with Gasteiger partial charge in [0, 0.05) is 36.1 Å². The van der Waals surface area contributed by atoms with Crippen molar-refractivity contribution >= 4 is 11.0 Å². The molecule has 1 saturated heterocycles. The van der Waals surface area contributed by atoms with Crippen LogP contribution in [0.5, 0.6) is 11.5 Å². The van der Waals surface area contributed by atoms with Crippen molar-refractivity contribution in [2.24, 2.45) is 0 Å². The van der Waals surface area contributed by atoms with Gasteiger partial charge in [-0.15, -0.1) is 0 Å². The summed E-state index contributed by atoms with van der Waals surface area (Å²) in [7, 11) is 4.06. The molecule has 1 fully saturated rings. The van der Waals surface area contributed by atoms with E-state index in [-0.39, 0.29) is 23.3 Å². The van der Waals surface area contributed by atoms with E-state index in [1.165, 1.54) is 11.1 Å². The smallest absolute Gasteiger partial charge is 0.169 e. The number of hydrogen-bond acceptors (Lipinski definition) is 5. The third kappa shape index (κ3) is 1.58. The second kappa shape index (κ2) is 4.97. The normalized spacial score (nSPS) is 34.0. The van der Waals surface area contributed by atoms with Crippen LogP contribution in [0.1, 0.15) is 35.0 Å². The standard InChI is InChI=1S/C24H23NO4/c1-25-10-9-23-19-13-7-8-16(26)21(19)29-22(23)20-15(12-24(23,27-2)18(25)11-13)14-5-3-4-6-17(14)28-20/h3-8,18,22,26H,9-12H2,1-2H3. The second-order valence-corrected chi connectivity index (χ2v) is 9.08. The topological polar surface area (TPSA) is 55.1 Å². The minimum Gasteiger partial charge on any atom is -0.504 e. The largest absolute Gasteiger partial charge is 0.504 e. The van der Waals surface area contributed by atoms with E-state index in [9.17, 15) is 5.11 Å². The van der Waals surface area contributed by atoms with E-state index in [0.717, 1.165) is 48.1 Å². The monoisotopic (exact) mass is 389 g/mol. The molecule has 3 aromatic rings. The maximum Gasteiger partial charge on any atom is 0.169 e. The number of fused-ring (bicyclic) bond motifs is 4. The summed E-state index contributed by atoms with van der Waals surface area (Å²) in [5, 5.41) is 11.8. The molecule has 3 heterocycles. The minimum absolute atomic E-state index is 0.215. The van der Waals surface area contributed by atoms with Crippen LogP contribution in [-0.4, -0.2) is 42.4 Å². The number of likely N-dealkylation sites (N-methyl/N-ethyl adjacent to an activating group) is 1. The summed E-state index contributed by atoms with van der Waals surface area (Å²) in [5.74, 6) is 1.75. The molecular weight excluding hydrogens is 366 g/mol. The van der Waals surface area contributed by atoms with Crippen LogP contribution in [0.3, 0.4) is 0 Å². The molecule has 4 unspecified atom stereocenters. The highest BCUT2D eigenvalue weighted by Crippen LogP contribution is 2.70. The number of rotatable bonds is 1. The second-order valence-electron chi connectivity index (χ2n) is 9.08. The Balaban J connectivity index is 1.63. The molecule has 1 N–H and O–H groups in total. The van der Waals surface area contributed by atoms with Gasteiger partial charge in [-0.2, -0.15) is 0 Å². The number of phenolic OH excluding ortho intramolecular Hbond substituents is 1. The molecule has 2 aliphatic carbocycles. The van der Waals surface area contributed by atoms with Crippen molar-refractivity contribution in [3.63, 3.8) is 0 Å². The Kier molecular flexibility index (Phi) is 2.80. The lowest BCUT2D eigenvalue weighted by Crippen LogP contribution is -2.74. The summed E-state index contributed by atoms with van der Waals surface area (Å²) in [5.41, 5.74) is 3.74. The molecular formula is C24H23NO4. The minimum atomic E-state index is -0.420. The molecule has 7 rings (SSSR count). The molecule has 5 nitrogen and oxygen atoms in total. The van der Waals surface area contributed by atoms with Crippen LogP contribution in [0.15, 0.2) is 40.8 Å². The molecule has 1 aromatic heterocycles. The van der Waals surface area contributed by atoms with Gasteiger partial charge in [-0.1, -0.05) is 24.3 Å². The Morgan fingerprint density at radius 2 is 2.07 bits per heavy atom. The number of para-hydroxylation sites is 1. The van der Waals surface area contributed by atoms with Gasteiger partial charge in [-0.05, 0) is 44.1 Å². The maximum atomic E-state index is 10.7. The zero-order valence-corrected chi connectivity index (χ0v) is 16.6. The number of hydrogen-bond donors (Lipinski definition) is 1. The lowest BCUT2D eigenvalue weighted by Gasteiger charge is -2.63. The van der Waals surface area contributed by atoms with E-state index in [2.05, 4.69) is 30.1 Å². The molecule has 2 aromatic carbocycles. The Bertz CT molecular complexity index is 1200. The Labute approximate surface area is 168 Å². The predicted molar refractivity (Wildman–Crippen MR) is 108 cm³/mol. The molecule has 0 radical (unpaired) electrons. The van der Waals surface area contributed by atoms with Gasteiger partial charge < -0.3 is 23.9 Å². The Hall–Kier alpha value is -2.50. The number of phenols is 1. The fourth-order valence-corrected chi connectivity index (χ4v) is 7.05. The fraction of sp³-hybridized carbons (Fsp3) is 0.417. The van der Waals surface area contributed by atoms with E-state index < -0.39 is 5.60 Å². The number of piperidine rings is 1. The number of furan rings is 1. The number of benzene rings is 2. The summed E-state index contributed by atoms with van der Waals surface area (Å²) in [6.07, 6.45) is 2.32. The van der Waals surface area contributed by atoms with Crippen molar-refractivity contribution in [2.45, 2.75) is 42.4 Å². The van der Waals surface area contributed by atoms with Crippen molar-refractivity contribution in [3.8, 4) is 11.5 Å². The van der Waals surface area contributed by atoms with Gasteiger partial charge in [-0.25, -0.2) is 0 Å². The average Bonchev–Trinajstić information content (AvgIpc) is 3.27. The van der Waals surface area contributed by atoms with Crippen molar-refractivity contribution in [3.05, 3.63) is 58.8 Å². The molecule has 4 aliphatic rings. The molecule has 0 saturated carbocycles. The highest BCUT2D eigenvalue weighted by atomic mass is 16.5.